The molecule has 0 aliphatic rings. The Morgan fingerprint density at radius 2 is 1.47 bits per heavy atom. The number of anilines is 1. The minimum atomic E-state index is -0.558. The standard InChI is InChI=1S/C24H19N3O5/c1-14(28)31-19-11-17(12-20(13-19)32-15(2)29)24(30)25-18-9-7-16(8-10-18)23-26-21-5-3-4-6-22(21)27-23/h3-13H,1-2H3,(H,25,30)(H,26,27). The first kappa shape index (κ1) is 20.8. The largest absolute Gasteiger partial charge is 0.427 e. The molecule has 0 radical (unpaired) electrons. The highest BCUT2D eigenvalue weighted by Gasteiger charge is 2.13. The first-order chi connectivity index (χ1) is 15.4. The predicted octanol–water partition coefficient (Wildman–Crippen LogP) is 4.33. The summed E-state index contributed by atoms with van der Waals surface area (Å²) in [4.78, 5) is 43.1. The molecule has 0 spiro atoms. The number of hydrogen-bond acceptors (Lipinski definition) is 6. The third-order valence-electron chi connectivity index (χ3n) is 4.47. The molecule has 0 saturated carbocycles. The SMILES string of the molecule is CC(=O)Oc1cc(OC(C)=O)cc(C(=O)Nc2ccc(-c3nc4ccccc4[nH]3)cc2)c1. The molecule has 3 aromatic carbocycles. The molecule has 1 amide bonds. The Bertz CT molecular complexity index is 1260. The smallest absolute Gasteiger partial charge is 0.308 e. The molecule has 0 atom stereocenters. The van der Waals surface area contributed by atoms with Crippen molar-refractivity contribution in [1.82, 2.24) is 9.97 Å². The summed E-state index contributed by atoms with van der Waals surface area (Å²) >= 11 is 0. The fourth-order valence-corrected chi connectivity index (χ4v) is 3.16. The van der Waals surface area contributed by atoms with Crippen LogP contribution in [0.25, 0.3) is 22.4 Å². The highest BCUT2D eigenvalue weighted by Crippen LogP contribution is 2.25. The molecular formula is C24H19N3O5. The van der Waals surface area contributed by atoms with Crippen molar-refractivity contribution in [3.05, 3.63) is 72.3 Å². The third kappa shape index (κ3) is 4.81. The Hall–Kier alpha value is -4.46. The summed E-state index contributed by atoms with van der Waals surface area (Å²) in [5.41, 5.74) is 3.41. The lowest BCUT2D eigenvalue weighted by Gasteiger charge is -2.10. The molecule has 2 N–H and O–H groups in total. The van der Waals surface area contributed by atoms with E-state index < -0.39 is 17.8 Å². The number of hydrogen-bond donors (Lipinski definition) is 2. The van der Waals surface area contributed by atoms with Crippen molar-refractivity contribution in [2.45, 2.75) is 13.8 Å². The van der Waals surface area contributed by atoms with E-state index in [2.05, 4.69) is 15.3 Å². The van der Waals surface area contributed by atoms with Gasteiger partial charge in [0.05, 0.1) is 11.0 Å². The van der Waals surface area contributed by atoms with E-state index >= 15 is 0 Å². The van der Waals surface area contributed by atoms with Gasteiger partial charge in [-0.05, 0) is 48.5 Å². The van der Waals surface area contributed by atoms with Crippen LogP contribution in [-0.4, -0.2) is 27.8 Å². The third-order valence-corrected chi connectivity index (χ3v) is 4.47. The van der Waals surface area contributed by atoms with Crippen molar-refractivity contribution in [3.8, 4) is 22.9 Å². The number of ether oxygens (including phenoxy) is 2. The lowest BCUT2D eigenvalue weighted by atomic mass is 10.1. The summed E-state index contributed by atoms with van der Waals surface area (Å²) in [7, 11) is 0. The number of H-pyrrole nitrogens is 1. The Balaban J connectivity index is 1.54. The number of esters is 2. The molecule has 0 unspecified atom stereocenters. The molecular weight excluding hydrogens is 410 g/mol. The van der Waals surface area contributed by atoms with Crippen molar-refractivity contribution < 1.29 is 23.9 Å². The van der Waals surface area contributed by atoms with Gasteiger partial charge in [0.2, 0.25) is 0 Å². The van der Waals surface area contributed by atoms with Crippen LogP contribution in [0.2, 0.25) is 0 Å². The van der Waals surface area contributed by atoms with Gasteiger partial charge in [0.15, 0.2) is 0 Å². The van der Waals surface area contributed by atoms with Gasteiger partial charge in [-0.1, -0.05) is 12.1 Å². The Morgan fingerprint density at radius 1 is 0.844 bits per heavy atom. The number of para-hydroxylation sites is 2. The molecule has 8 heteroatoms. The van der Waals surface area contributed by atoms with Gasteiger partial charge in [0.25, 0.3) is 5.91 Å². The van der Waals surface area contributed by atoms with Crippen LogP contribution in [0.3, 0.4) is 0 Å². The van der Waals surface area contributed by atoms with E-state index in [4.69, 9.17) is 9.47 Å². The van der Waals surface area contributed by atoms with Crippen LogP contribution in [0, 0.1) is 0 Å². The number of imidazole rings is 1. The van der Waals surface area contributed by atoms with Crippen molar-refractivity contribution in [2.24, 2.45) is 0 Å². The second kappa shape index (κ2) is 8.73. The number of fused-ring (bicyclic) bond motifs is 1. The summed E-state index contributed by atoms with van der Waals surface area (Å²) in [5, 5.41) is 2.77. The molecule has 0 bridgehead atoms. The van der Waals surface area contributed by atoms with Crippen LogP contribution in [0.4, 0.5) is 5.69 Å². The van der Waals surface area contributed by atoms with Gasteiger partial charge in [-0.2, -0.15) is 0 Å². The van der Waals surface area contributed by atoms with E-state index in [1.54, 1.807) is 12.1 Å². The van der Waals surface area contributed by atoms with E-state index in [-0.39, 0.29) is 17.1 Å². The number of aromatic nitrogens is 2. The van der Waals surface area contributed by atoms with E-state index in [0.29, 0.717) is 5.69 Å². The van der Waals surface area contributed by atoms with Gasteiger partial charge in [-0.15, -0.1) is 0 Å². The fraction of sp³-hybridized carbons (Fsp3) is 0.0833. The van der Waals surface area contributed by atoms with Crippen LogP contribution >= 0.6 is 0 Å². The summed E-state index contributed by atoms with van der Waals surface area (Å²) in [6, 6.07) is 19.1. The Morgan fingerprint density at radius 3 is 2.06 bits per heavy atom. The maximum Gasteiger partial charge on any atom is 0.308 e. The summed E-state index contributed by atoms with van der Waals surface area (Å²) in [6.07, 6.45) is 0. The second-order valence-electron chi connectivity index (χ2n) is 7.01. The normalized spacial score (nSPS) is 10.6. The lowest BCUT2D eigenvalue weighted by Crippen LogP contribution is -2.13. The summed E-state index contributed by atoms with van der Waals surface area (Å²) in [5.74, 6) is -0.647. The van der Waals surface area contributed by atoms with Crippen LogP contribution in [0.15, 0.2) is 66.7 Å². The van der Waals surface area contributed by atoms with Crippen LogP contribution in [0.5, 0.6) is 11.5 Å². The first-order valence-corrected chi connectivity index (χ1v) is 9.76. The van der Waals surface area contributed by atoms with E-state index in [1.807, 2.05) is 36.4 Å². The Labute approximate surface area is 183 Å². The van der Waals surface area contributed by atoms with E-state index in [1.165, 1.54) is 32.0 Å². The summed E-state index contributed by atoms with van der Waals surface area (Å²) < 4.78 is 10.1. The molecule has 160 valence electrons. The minimum absolute atomic E-state index is 0.0987. The zero-order valence-corrected chi connectivity index (χ0v) is 17.3. The number of nitrogens with zero attached hydrogens (tertiary/aromatic N) is 1. The highest BCUT2D eigenvalue weighted by atomic mass is 16.5. The Kier molecular flexibility index (Phi) is 5.67. The molecule has 4 rings (SSSR count). The molecule has 0 aliphatic heterocycles. The van der Waals surface area contributed by atoms with Crippen LogP contribution in [0.1, 0.15) is 24.2 Å². The fourth-order valence-electron chi connectivity index (χ4n) is 3.16. The molecule has 0 fully saturated rings. The van der Waals surface area contributed by atoms with Gasteiger partial charge >= 0.3 is 11.9 Å². The van der Waals surface area contributed by atoms with Gasteiger partial charge in [-0.3, -0.25) is 14.4 Å². The van der Waals surface area contributed by atoms with E-state index in [0.717, 1.165) is 22.4 Å². The minimum Gasteiger partial charge on any atom is -0.427 e. The number of benzene rings is 3. The van der Waals surface area contributed by atoms with Gasteiger partial charge in [0.1, 0.15) is 17.3 Å². The van der Waals surface area contributed by atoms with Crippen molar-refractivity contribution in [3.63, 3.8) is 0 Å². The lowest BCUT2D eigenvalue weighted by molar-refractivity contribution is -0.132. The quantitative estimate of drug-likeness (QED) is 0.361. The highest BCUT2D eigenvalue weighted by molar-refractivity contribution is 6.05. The van der Waals surface area contributed by atoms with Crippen molar-refractivity contribution in [2.75, 3.05) is 5.32 Å². The van der Waals surface area contributed by atoms with Gasteiger partial charge in [-0.25, -0.2) is 4.98 Å². The molecule has 1 aromatic heterocycles. The predicted molar refractivity (Wildman–Crippen MR) is 119 cm³/mol. The monoisotopic (exact) mass is 429 g/mol. The number of aromatic amines is 1. The summed E-state index contributed by atoms with van der Waals surface area (Å²) in [6.45, 7) is 2.48. The molecule has 0 saturated heterocycles. The molecule has 1 heterocycles. The number of carbonyl (C=O) groups is 3. The van der Waals surface area contributed by atoms with Gasteiger partial charge in [0, 0.05) is 36.7 Å². The average molecular weight is 429 g/mol. The molecule has 4 aromatic rings. The number of amides is 1. The number of rotatable bonds is 5. The molecule has 32 heavy (non-hydrogen) atoms. The molecule has 0 aliphatic carbocycles. The van der Waals surface area contributed by atoms with E-state index in [9.17, 15) is 14.4 Å². The maximum atomic E-state index is 12.8. The topological polar surface area (TPSA) is 110 Å². The molecule has 8 nitrogen and oxygen atoms in total. The first-order valence-electron chi connectivity index (χ1n) is 9.76. The average Bonchev–Trinajstić information content (AvgIpc) is 3.17. The zero-order valence-electron chi connectivity index (χ0n) is 17.3. The van der Waals surface area contributed by atoms with Crippen LogP contribution in [-0.2, 0) is 9.59 Å². The van der Waals surface area contributed by atoms with Crippen molar-refractivity contribution >= 4 is 34.6 Å². The van der Waals surface area contributed by atoms with Gasteiger partial charge < -0.3 is 19.8 Å². The van der Waals surface area contributed by atoms with Crippen molar-refractivity contribution in [1.29, 1.82) is 0 Å². The second-order valence-corrected chi connectivity index (χ2v) is 7.01. The zero-order chi connectivity index (χ0) is 22.7. The number of nitrogens with one attached hydrogen (secondary N) is 2. The maximum absolute atomic E-state index is 12.8. The number of carbonyl (C=O) groups excluding carboxylic acids is 3. The van der Waals surface area contributed by atoms with Crippen LogP contribution < -0.4 is 14.8 Å².